The molecule has 0 unspecified atom stereocenters. The summed E-state index contributed by atoms with van der Waals surface area (Å²) in [7, 11) is 1.94. The van der Waals surface area contributed by atoms with E-state index in [1.54, 1.807) is 30.5 Å². The fourth-order valence-electron chi connectivity index (χ4n) is 2.01. The summed E-state index contributed by atoms with van der Waals surface area (Å²) < 4.78 is 1.87. The molecule has 0 bridgehead atoms. The van der Waals surface area contributed by atoms with Gasteiger partial charge >= 0.3 is 0 Å². The van der Waals surface area contributed by atoms with E-state index in [2.05, 4.69) is 10.4 Å². The fourth-order valence-corrected chi connectivity index (χ4v) is 2.01. The number of aromatic nitrogens is 2. The first-order valence-corrected chi connectivity index (χ1v) is 6.58. The number of non-ortho nitro benzene ring substituents is 1. The number of hydrogen-bond donors (Lipinski definition) is 1. The molecule has 0 radical (unpaired) electrons. The molecule has 6 heteroatoms. The van der Waals surface area contributed by atoms with Crippen LogP contribution >= 0.6 is 0 Å². The highest BCUT2D eigenvalue weighted by atomic mass is 16.6. The average molecular weight is 274 g/mol. The summed E-state index contributed by atoms with van der Waals surface area (Å²) in [5, 5.41) is 18.0. The van der Waals surface area contributed by atoms with Crippen molar-refractivity contribution in [3.05, 3.63) is 57.9 Å². The van der Waals surface area contributed by atoms with Gasteiger partial charge in [0.25, 0.3) is 5.69 Å². The molecule has 2 rings (SSSR count). The minimum atomic E-state index is -0.379. The molecule has 1 N–H and O–H groups in total. The van der Waals surface area contributed by atoms with Gasteiger partial charge < -0.3 is 5.32 Å². The summed E-state index contributed by atoms with van der Waals surface area (Å²) in [5.41, 5.74) is 2.44. The third-order valence-corrected chi connectivity index (χ3v) is 3.22. The number of benzene rings is 1. The molecular formula is C14H18N4O2. The van der Waals surface area contributed by atoms with Crippen molar-refractivity contribution in [2.45, 2.75) is 12.8 Å². The Bertz CT molecular complexity index is 563. The number of aryl methyl sites for hydroxylation is 1. The van der Waals surface area contributed by atoms with Crippen LogP contribution in [0.2, 0.25) is 0 Å². The minimum Gasteiger partial charge on any atom is -0.316 e. The van der Waals surface area contributed by atoms with E-state index in [1.165, 1.54) is 5.69 Å². The lowest BCUT2D eigenvalue weighted by Gasteiger charge is -2.05. The number of rotatable bonds is 7. The van der Waals surface area contributed by atoms with E-state index in [0.29, 0.717) is 0 Å². The molecule has 1 heterocycles. The Morgan fingerprint density at radius 3 is 2.50 bits per heavy atom. The molecule has 0 aliphatic carbocycles. The van der Waals surface area contributed by atoms with Gasteiger partial charge in [-0.15, -0.1) is 0 Å². The number of nitro groups is 1. The van der Waals surface area contributed by atoms with E-state index >= 15 is 0 Å². The Kier molecular flexibility index (Phi) is 4.84. The quantitative estimate of drug-likeness (QED) is 0.474. The van der Waals surface area contributed by atoms with Gasteiger partial charge in [-0.2, -0.15) is 5.10 Å². The van der Waals surface area contributed by atoms with E-state index in [0.717, 1.165) is 31.5 Å². The van der Waals surface area contributed by atoms with E-state index in [9.17, 15) is 10.1 Å². The van der Waals surface area contributed by atoms with Gasteiger partial charge in [0.1, 0.15) is 0 Å². The zero-order valence-corrected chi connectivity index (χ0v) is 11.5. The first kappa shape index (κ1) is 14.2. The van der Waals surface area contributed by atoms with E-state index in [4.69, 9.17) is 0 Å². The second-order valence-electron chi connectivity index (χ2n) is 4.62. The first-order valence-electron chi connectivity index (χ1n) is 6.58. The van der Waals surface area contributed by atoms with Gasteiger partial charge in [0.15, 0.2) is 0 Å². The number of nitro benzene ring substituents is 1. The van der Waals surface area contributed by atoms with Gasteiger partial charge in [-0.25, -0.2) is 0 Å². The van der Waals surface area contributed by atoms with Gasteiger partial charge in [0, 0.05) is 44.0 Å². The second-order valence-corrected chi connectivity index (χ2v) is 4.62. The van der Waals surface area contributed by atoms with Crippen LogP contribution in [-0.2, 0) is 19.9 Å². The molecule has 0 fully saturated rings. The van der Waals surface area contributed by atoms with E-state index < -0.39 is 0 Å². The lowest BCUT2D eigenvalue weighted by molar-refractivity contribution is -0.384. The monoisotopic (exact) mass is 274 g/mol. The summed E-state index contributed by atoms with van der Waals surface area (Å²) >= 11 is 0. The predicted molar refractivity (Wildman–Crippen MR) is 76.6 cm³/mol. The van der Waals surface area contributed by atoms with Crippen LogP contribution in [0.5, 0.6) is 0 Å². The predicted octanol–water partition coefficient (Wildman–Crippen LogP) is 1.70. The van der Waals surface area contributed by atoms with Crippen molar-refractivity contribution in [3.63, 3.8) is 0 Å². The topological polar surface area (TPSA) is 73.0 Å². The largest absolute Gasteiger partial charge is 0.316 e. The number of nitrogens with zero attached hydrogens (tertiary/aromatic N) is 3. The maximum atomic E-state index is 10.5. The smallest absolute Gasteiger partial charge is 0.269 e. The molecule has 0 saturated carbocycles. The zero-order valence-electron chi connectivity index (χ0n) is 11.5. The Morgan fingerprint density at radius 2 is 1.90 bits per heavy atom. The molecule has 1 aromatic heterocycles. The van der Waals surface area contributed by atoms with Crippen LogP contribution in [0.15, 0.2) is 36.5 Å². The van der Waals surface area contributed by atoms with Crippen molar-refractivity contribution in [3.8, 4) is 0 Å². The molecule has 0 amide bonds. The molecule has 0 atom stereocenters. The molecule has 0 saturated heterocycles. The van der Waals surface area contributed by atoms with Crippen LogP contribution in [0, 0.1) is 10.1 Å². The van der Waals surface area contributed by atoms with Crippen LogP contribution in [-0.4, -0.2) is 27.8 Å². The van der Waals surface area contributed by atoms with Crippen molar-refractivity contribution >= 4 is 5.69 Å². The first-order chi connectivity index (χ1) is 9.66. The normalized spacial score (nSPS) is 10.7. The molecule has 6 nitrogen and oxygen atoms in total. The second kappa shape index (κ2) is 6.81. The zero-order chi connectivity index (χ0) is 14.4. The highest BCUT2D eigenvalue weighted by Crippen LogP contribution is 2.11. The van der Waals surface area contributed by atoms with Crippen molar-refractivity contribution in [2.24, 2.45) is 7.05 Å². The van der Waals surface area contributed by atoms with Crippen molar-refractivity contribution < 1.29 is 4.92 Å². The third-order valence-electron chi connectivity index (χ3n) is 3.22. The molecule has 2 aromatic rings. The standard InChI is InChI=1S/C14H18N4O2/c1-17-13(8-11-16-17)7-10-15-9-6-12-2-4-14(5-3-12)18(19)20/h2-5,8,11,15H,6-7,9-10H2,1H3. The summed E-state index contributed by atoms with van der Waals surface area (Å²) in [4.78, 5) is 10.2. The summed E-state index contributed by atoms with van der Waals surface area (Å²) in [6, 6.07) is 8.72. The molecular weight excluding hydrogens is 256 g/mol. The number of hydrogen-bond acceptors (Lipinski definition) is 4. The summed E-state index contributed by atoms with van der Waals surface area (Å²) in [5.74, 6) is 0. The molecule has 0 aliphatic rings. The molecule has 0 aliphatic heterocycles. The van der Waals surface area contributed by atoms with Crippen LogP contribution in [0.1, 0.15) is 11.3 Å². The van der Waals surface area contributed by atoms with Crippen molar-refractivity contribution in [1.29, 1.82) is 0 Å². The lowest BCUT2D eigenvalue weighted by Crippen LogP contribution is -2.21. The Morgan fingerprint density at radius 1 is 1.20 bits per heavy atom. The Labute approximate surface area is 117 Å². The average Bonchev–Trinajstić information content (AvgIpc) is 2.84. The molecule has 0 spiro atoms. The fraction of sp³-hybridized carbons (Fsp3) is 0.357. The van der Waals surface area contributed by atoms with Gasteiger partial charge in [-0.3, -0.25) is 14.8 Å². The van der Waals surface area contributed by atoms with Gasteiger partial charge in [0.05, 0.1) is 4.92 Å². The van der Waals surface area contributed by atoms with Gasteiger partial charge in [0.2, 0.25) is 0 Å². The van der Waals surface area contributed by atoms with Crippen LogP contribution < -0.4 is 5.32 Å². The van der Waals surface area contributed by atoms with Crippen LogP contribution in [0.3, 0.4) is 0 Å². The molecule has 106 valence electrons. The van der Waals surface area contributed by atoms with Gasteiger partial charge in [-0.05, 0) is 24.6 Å². The van der Waals surface area contributed by atoms with Crippen molar-refractivity contribution in [2.75, 3.05) is 13.1 Å². The summed E-state index contributed by atoms with van der Waals surface area (Å²) in [6.45, 7) is 1.75. The maximum absolute atomic E-state index is 10.5. The van der Waals surface area contributed by atoms with E-state index in [-0.39, 0.29) is 10.6 Å². The van der Waals surface area contributed by atoms with E-state index in [1.807, 2.05) is 17.8 Å². The Balaban J connectivity index is 1.68. The van der Waals surface area contributed by atoms with Crippen molar-refractivity contribution in [1.82, 2.24) is 15.1 Å². The Hall–Kier alpha value is -2.21. The molecule has 20 heavy (non-hydrogen) atoms. The third kappa shape index (κ3) is 3.89. The SMILES string of the molecule is Cn1nccc1CCNCCc1ccc([N+](=O)[O-])cc1. The highest BCUT2D eigenvalue weighted by Gasteiger charge is 2.03. The summed E-state index contributed by atoms with van der Waals surface area (Å²) in [6.07, 6.45) is 3.60. The minimum absolute atomic E-state index is 0.137. The maximum Gasteiger partial charge on any atom is 0.269 e. The number of nitrogens with one attached hydrogen (secondary N) is 1. The highest BCUT2D eigenvalue weighted by molar-refractivity contribution is 5.32. The lowest BCUT2D eigenvalue weighted by atomic mass is 10.1. The van der Waals surface area contributed by atoms with Crippen LogP contribution in [0.25, 0.3) is 0 Å². The van der Waals surface area contributed by atoms with Crippen LogP contribution in [0.4, 0.5) is 5.69 Å². The molecule has 1 aromatic carbocycles. The van der Waals surface area contributed by atoms with Gasteiger partial charge in [-0.1, -0.05) is 12.1 Å².